The molecule has 1 aromatic rings. The van der Waals surface area contributed by atoms with E-state index in [9.17, 15) is 9.59 Å². The molecule has 1 heterocycles. The first-order chi connectivity index (χ1) is 10.1. The molecular weight excluding hydrogens is 284 g/mol. The lowest BCUT2D eigenvalue weighted by Crippen LogP contribution is -2.48. The first-order valence-electron chi connectivity index (χ1n) is 7.47. The van der Waals surface area contributed by atoms with Crippen molar-refractivity contribution in [2.45, 2.75) is 58.5 Å². The second-order valence-corrected chi connectivity index (χ2v) is 6.07. The summed E-state index contributed by atoms with van der Waals surface area (Å²) in [5.41, 5.74) is 4.59. The van der Waals surface area contributed by atoms with Crippen LogP contribution in [0.25, 0.3) is 0 Å². The molecule has 1 unspecified atom stereocenters. The molecule has 1 amide bonds. The maximum absolute atomic E-state index is 12.2. The average Bonchev–Trinajstić information content (AvgIpc) is 2.88. The number of nitrogens with two attached hydrogens (primary N) is 1. The van der Waals surface area contributed by atoms with Crippen molar-refractivity contribution in [2.75, 3.05) is 11.9 Å². The van der Waals surface area contributed by atoms with Crippen LogP contribution in [0, 0.1) is 0 Å². The van der Waals surface area contributed by atoms with Gasteiger partial charge in [0.1, 0.15) is 0 Å². The summed E-state index contributed by atoms with van der Waals surface area (Å²) in [6.45, 7) is 9.12. The zero-order valence-corrected chi connectivity index (χ0v) is 14.0. The molecule has 3 N–H and O–H groups in total. The molecule has 0 aliphatic rings. The normalized spacial score (nSPS) is 14.3. The lowest BCUT2D eigenvalue weighted by atomic mass is 9.96. The van der Waals surface area contributed by atoms with E-state index < -0.39 is 11.1 Å². The van der Waals surface area contributed by atoms with Crippen molar-refractivity contribution in [3.05, 3.63) is 12.4 Å². The summed E-state index contributed by atoms with van der Waals surface area (Å²) < 4.78 is 6.50. The lowest BCUT2D eigenvalue weighted by molar-refractivity contribution is -0.152. The summed E-state index contributed by atoms with van der Waals surface area (Å²) in [5, 5.41) is 6.86. The van der Waals surface area contributed by atoms with Gasteiger partial charge in [-0.2, -0.15) is 5.10 Å². The molecular formula is C15H26N4O3. The molecule has 124 valence electrons. The molecule has 0 radical (unpaired) electrons. The Hall–Kier alpha value is -1.89. The number of nitrogens with one attached hydrogen (secondary N) is 1. The molecule has 7 heteroatoms. The first-order valence-corrected chi connectivity index (χ1v) is 7.47. The molecule has 22 heavy (non-hydrogen) atoms. The van der Waals surface area contributed by atoms with E-state index in [1.165, 1.54) is 10.9 Å². The third kappa shape index (κ3) is 4.07. The van der Waals surface area contributed by atoms with Crippen LogP contribution < -0.4 is 11.1 Å². The van der Waals surface area contributed by atoms with Crippen molar-refractivity contribution >= 4 is 17.6 Å². The van der Waals surface area contributed by atoms with Crippen LogP contribution in [0.1, 0.15) is 47.5 Å². The maximum atomic E-state index is 12.2. The summed E-state index contributed by atoms with van der Waals surface area (Å²) in [4.78, 5) is 24.1. The minimum Gasteiger partial charge on any atom is -0.464 e. The predicted octanol–water partition coefficient (Wildman–Crippen LogP) is 1.64. The number of carbonyl (C=O) groups excluding carboxylic acids is 2. The van der Waals surface area contributed by atoms with E-state index >= 15 is 0 Å². The van der Waals surface area contributed by atoms with Gasteiger partial charge >= 0.3 is 5.97 Å². The maximum Gasteiger partial charge on any atom is 0.333 e. The van der Waals surface area contributed by atoms with Gasteiger partial charge < -0.3 is 15.8 Å². The first kappa shape index (κ1) is 18.2. The number of hydrogen-bond donors (Lipinski definition) is 2. The highest BCUT2D eigenvalue weighted by molar-refractivity contribution is 5.97. The molecule has 0 aliphatic heterocycles. The van der Waals surface area contributed by atoms with Crippen LogP contribution in [-0.4, -0.2) is 33.8 Å². The van der Waals surface area contributed by atoms with Gasteiger partial charge in [-0.05, 0) is 34.1 Å². The van der Waals surface area contributed by atoms with Crippen molar-refractivity contribution < 1.29 is 14.3 Å². The molecule has 1 atom stereocenters. The lowest BCUT2D eigenvalue weighted by Gasteiger charge is -2.23. The summed E-state index contributed by atoms with van der Waals surface area (Å²) in [7, 11) is 0. The van der Waals surface area contributed by atoms with Crippen LogP contribution in [0.15, 0.2) is 12.4 Å². The number of hydrogen-bond acceptors (Lipinski definition) is 5. The SMILES string of the molecule is CCCC(C)(N)C(=O)Nc1cnn(C(C)(C)C(=O)OCC)c1. The van der Waals surface area contributed by atoms with Crippen molar-refractivity contribution in [1.29, 1.82) is 0 Å². The Labute approximate surface area is 131 Å². The minimum atomic E-state index is -0.950. The Balaban J connectivity index is 2.84. The minimum absolute atomic E-state index is 0.275. The molecule has 0 saturated carbocycles. The highest BCUT2D eigenvalue weighted by atomic mass is 16.5. The van der Waals surface area contributed by atoms with Gasteiger partial charge in [0.25, 0.3) is 0 Å². The van der Waals surface area contributed by atoms with Crippen LogP contribution in [0.3, 0.4) is 0 Å². The van der Waals surface area contributed by atoms with Crippen LogP contribution in [0.5, 0.6) is 0 Å². The predicted molar refractivity (Wildman–Crippen MR) is 84.3 cm³/mol. The van der Waals surface area contributed by atoms with Crippen molar-refractivity contribution in [3.63, 3.8) is 0 Å². The number of carbonyl (C=O) groups is 2. The Kier molecular flexibility index (Phi) is 5.71. The number of nitrogens with zero attached hydrogens (tertiary/aromatic N) is 2. The van der Waals surface area contributed by atoms with Crippen LogP contribution in [-0.2, 0) is 19.9 Å². The van der Waals surface area contributed by atoms with Gasteiger partial charge in [0.2, 0.25) is 5.91 Å². The fourth-order valence-corrected chi connectivity index (χ4v) is 2.00. The number of esters is 1. The van der Waals surface area contributed by atoms with Gasteiger partial charge in [-0.3, -0.25) is 9.48 Å². The molecule has 0 bridgehead atoms. The van der Waals surface area contributed by atoms with Crippen molar-refractivity contribution in [2.24, 2.45) is 5.73 Å². The molecule has 1 aromatic heterocycles. The van der Waals surface area contributed by atoms with Gasteiger partial charge in [-0.1, -0.05) is 13.3 Å². The Morgan fingerprint density at radius 2 is 2.00 bits per heavy atom. The van der Waals surface area contributed by atoms with Gasteiger partial charge in [0.15, 0.2) is 5.54 Å². The summed E-state index contributed by atoms with van der Waals surface area (Å²) in [6.07, 6.45) is 4.48. The molecule has 1 rings (SSSR count). The average molecular weight is 310 g/mol. The molecule has 0 aromatic carbocycles. The topological polar surface area (TPSA) is 99.2 Å². The zero-order chi connectivity index (χ0) is 17.0. The van der Waals surface area contributed by atoms with E-state index in [1.807, 2.05) is 6.92 Å². The van der Waals surface area contributed by atoms with E-state index in [2.05, 4.69) is 10.4 Å². The Morgan fingerprint density at radius 3 is 2.55 bits per heavy atom. The van der Waals surface area contributed by atoms with E-state index in [1.54, 1.807) is 33.9 Å². The second-order valence-electron chi connectivity index (χ2n) is 6.07. The number of aromatic nitrogens is 2. The Bertz CT molecular complexity index is 535. The summed E-state index contributed by atoms with van der Waals surface area (Å²) >= 11 is 0. The zero-order valence-electron chi connectivity index (χ0n) is 14.0. The molecule has 0 spiro atoms. The fraction of sp³-hybridized carbons (Fsp3) is 0.667. The van der Waals surface area contributed by atoms with Gasteiger partial charge in [-0.15, -0.1) is 0 Å². The summed E-state index contributed by atoms with van der Waals surface area (Å²) in [6, 6.07) is 0. The van der Waals surface area contributed by atoms with E-state index in [4.69, 9.17) is 10.5 Å². The van der Waals surface area contributed by atoms with Crippen LogP contribution in [0.2, 0.25) is 0 Å². The highest BCUT2D eigenvalue weighted by Gasteiger charge is 2.33. The second kappa shape index (κ2) is 6.91. The molecule has 7 nitrogen and oxygen atoms in total. The van der Waals surface area contributed by atoms with E-state index in [-0.39, 0.29) is 11.9 Å². The molecule has 0 aliphatic carbocycles. The van der Waals surface area contributed by atoms with Crippen LogP contribution in [0.4, 0.5) is 5.69 Å². The third-order valence-corrected chi connectivity index (χ3v) is 3.48. The van der Waals surface area contributed by atoms with Gasteiger partial charge in [0.05, 0.1) is 24.0 Å². The monoisotopic (exact) mass is 310 g/mol. The molecule has 0 fully saturated rings. The molecule has 0 saturated heterocycles. The van der Waals surface area contributed by atoms with E-state index in [0.717, 1.165) is 6.42 Å². The van der Waals surface area contributed by atoms with E-state index in [0.29, 0.717) is 18.7 Å². The van der Waals surface area contributed by atoms with Crippen molar-refractivity contribution in [1.82, 2.24) is 9.78 Å². The summed E-state index contributed by atoms with van der Waals surface area (Å²) in [5.74, 6) is -0.659. The number of amides is 1. The fourth-order valence-electron chi connectivity index (χ4n) is 2.00. The third-order valence-electron chi connectivity index (χ3n) is 3.48. The van der Waals surface area contributed by atoms with Crippen molar-refractivity contribution in [3.8, 4) is 0 Å². The van der Waals surface area contributed by atoms with Gasteiger partial charge in [-0.25, -0.2) is 4.79 Å². The Morgan fingerprint density at radius 1 is 1.36 bits per heavy atom. The standard InChI is InChI=1S/C15H26N4O3/c1-6-8-15(5,16)12(20)18-11-9-17-19(10-11)14(3,4)13(21)22-7-2/h9-10H,6-8,16H2,1-5H3,(H,18,20). The van der Waals surface area contributed by atoms with Crippen LogP contribution >= 0.6 is 0 Å². The van der Waals surface area contributed by atoms with Gasteiger partial charge in [0, 0.05) is 6.20 Å². The number of ether oxygens (including phenoxy) is 1. The smallest absolute Gasteiger partial charge is 0.333 e. The number of rotatable bonds is 7. The largest absolute Gasteiger partial charge is 0.464 e. The number of anilines is 1. The quantitative estimate of drug-likeness (QED) is 0.746. The highest BCUT2D eigenvalue weighted by Crippen LogP contribution is 2.20.